The first-order valence-electron chi connectivity index (χ1n) is 9.60. The van der Waals surface area contributed by atoms with E-state index in [9.17, 15) is 4.79 Å². The summed E-state index contributed by atoms with van der Waals surface area (Å²) in [7, 11) is 1.64. The van der Waals surface area contributed by atoms with Gasteiger partial charge in [-0.25, -0.2) is 4.79 Å². The molecule has 29 heavy (non-hydrogen) atoms. The van der Waals surface area contributed by atoms with E-state index in [4.69, 9.17) is 9.47 Å². The maximum absolute atomic E-state index is 13.0. The fourth-order valence-corrected chi connectivity index (χ4v) is 3.75. The summed E-state index contributed by atoms with van der Waals surface area (Å²) >= 11 is 0. The molecule has 0 aromatic heterocycles. The number of nitrogens with one attached hydrogen (secondary N) is 2. The number of dihydropyridines is 1. The van der Waals surface area contributed by atoms with Crippen molar-refractivity contribution in [2.75, 3.05) is 26.8 Å². The van der Waals surface area contributed by atoms with Gasteiger partial charge in [0.05, 0.1) is 13.7 Å². The van der Waals surface area contributed by atoms with Crippen LogP contribution in [0.25, 0.3) is 0 Å². The lowest BCUT2D eigenvalue weighted by molar-refractivity contribution is 0.144. The molecule has 1 unspecified atom stereocenters. The van der Waals surface area contributed by atoms with E-state index in [1.165, 1.54) is 0 Å². The third-order valence-corrected chi connectivity index (χ3v) is 5.23. The van der Waals surface area contributed by atoms with Crippen LogP contribution in [0.15, 0.2) is 64.7 Å². The summed E-state index contributed by atoms with van der Waals surface area (Å²) in [5.41, 5.74) is 5.89. The van der Waals surface area contributed by atoms with Crippen molar-refractivity contribution < 1.29 is 14.3 Å². The SMILES string of the molecule is C=NN/C=C1\CCOC2=C1C=CC(N1CCN(Cc3cccc(OC)c3)C1=O)N2. The van der Waals surface area contributed by atoms with Gasteiger partial charge in [0, 0.05) is 44.5 Å². The quantitative estimate of drug-likeness (QED) is 0.570. The molecule has 2 N–H and O–H groups in total. The molecule has 1 aromatic rings. The highest BCUT2D eigenvalue weighted by Gasteiger charge is 2.35. The van der Waals surface area contributed by atoms with Gasteiger partial charge in [0.15, 0.2) is 5.88 Å². The van der Waals surface area contributed by atoms with Crippen LogP contribution in [0.3, 0.4) is 0 Å². The molecule has 0 aliphatic carbocycles. The Hall–Kier alpha value is -3.42. The number of allylic oxidation sites excluding steroid dienone is 2. The van der Waals surface area contributed by atoms with Crippen molar-refractivity contribution in [1.82, 2.24) is 20.5 Å². The summed E-state index contributed by atoms with van der Waals surface area (Å²) in [5, 5.41) is 7.01. The first kappa shape index (κ1) is 18.9. The minimum absolute atomic E-state index is 0.00289. The molecule has 3 aliphatic heterocycles. The van der Waals surface area contributed by atoms with Crippen LogP contribution in [0.1, 0.15) is 12.0 Å². The Kier molecular flexibility index (Phi) is 5.41. The van der Waals surface area contributed by atoms with Crippen molar-refractivity contribution in [1.29, 1.82) is 0 Å². The molecular weight excluding hydrogens is 370 g/mol. The summed E-state index contributed by atoms with van der Waals surface area (Å²) in [5.74, 6) is 1.49. The molecule has 152 valence electrons. The molecule has 3 aliphatic rings. The number of carbonyl (C=O) groups is 1. The van der Waals surface area contributed by atoms with Gasteiger partial charge >= 0.3 is 6.03 Å². The van der Waals surface area contributed by atoms with E-state index < -0.39 is 0 Å². The minimum atomic E-state index is -0.235. The molecule has 0 saturated carbocycles. The lowest BCUT2D eigenvalue weighted by Gasteiger charge is -2.33. The lowest BCUT2D eigenvalue weighted by Crippen LogP contribution is -2.48. The van der Waals surface area contributed by atoms with E-state index in [0.29, 0.717) is 32.1 Å². The van der Waals surface area contributed by atoms with Gasteiger partial charge in [-0.1, -0.05) is 12.1 Å². The van der Waals surface area contributed by atoms with Gasteiger partial charge in [-0.2, -0.15) is 5.10 Å². The molecule has 0 radical (unpaired) electrons. The number of hydrogen-bond acceptors (Lipinski definition) is 6. The molecule has 2 amide bonds. The Balaban J connectivity index is 1.43. The number of hydrazone groups is 1. The van der Waals surface area contributed by atoms with Crippen LogP contribution in [0.2, 0.25) is 0 Å². The highest BCUT2D eigenvalue weighted by Crippen LogP contribution is 2.29. The maximum Gasteiger partial charge on any atom is 0.322 e. The van der Waals surface area contributed by atoms with Gasteiger partial charge in [0.25, 0.3) is 0 Å². The molecule has 8 nitrogen and oxygen atoms in total. The minimum Gasteiger partial charge on any atom is -0.497 e. The first-order valence-corrected chi connectivity index (χ1v) is 9.60. The molecule has 1 aromatic carbocycles. The van der Waals surface area contributed by atoms with Crippen molar-refractivity contribution >= 4 is 12.7 Å². The van der Waals surface area contributed by atoms with Crippen molar-refractivity contribution in [3.8, 4) is 5.75 Å². The van der Waals surface area contributed by atoms with Crippen molar-refractivity contribution in [3.05, 3.63) is 65.2 Å². The van der Waals surface area contributed by atoms with E-state index in [1.807, 2.05) is 52.4 Å². The largest absolute Gasteiger partial charge is 0.497 e. The average molecular weight is 395 g/mol. The molecule has 3 heterocycles. The molecule has 0 bridgehead atoms. The van der Waals surface area contributed by atoms with Gasteiger partial charge in [-0.05, 0) is 35.4 Å². The zero-order valence-electron chi connectivity index (χ0n) is 16.4. The second kappa shape index (κ2) is 8.30. The summed E-state index contributed by atoms with van der Waals surface area (Å²) < 4.78 is 11.1. The Labute approximate surface area is 170 Å². The summed E-state index contributed by atoms with van der Waals surface area (Å²) in [6.07, 6.45) is 6.38. The second-order valence-electron chi connectivity index (χ2n) is 7.00. The number of rotatable bonds is 6. The number of benzene rings is 1. The molecule has 1 saturated heterocycles. The Morgan fingerprint density at radius 2 is 2.34 bits per heavy atom. The number of urea groups is 1. The van der Waals surface area contributed by atoms with Crippen LogP contribution in [0.5, 0.6) is 5.75 Å². The van der Waals surface area contributed by atoms with Gasteiger partial charge in [-0.3, -0.25) is 10.3 Å². The van der Waals surface area contributed by atoms with E-state index in [1.54, 1.807) is 7.11 Å². The van der Waals surface area contributed by atoms with Crippen molar-refractivity contribution in [2.24, 2.45) is 5.10 Å². The van der Waals surface area contributed by atoms with Crippen LogP contribution in [-0.2, 0) is 11.3 Å². The zero-order valence-corrected chi connectivity index (χ0v) is 16.4. The van der Waals surface area contributed by atoms with Gasteiger partial charge in [0.1, 0.15) is 11.9 Å². The predicted octanol–water partition coefficient (Wildman–Crippen LogP) is 2.14. The van der Waals surface area contributed by atoms with Gasteiger partial charge < -0.3 is 19.7 Å². The van der Waals surface area contributed by atoms with E-state index >= 15 is 0 Å². The number of nitrogens with zero attached hydrogens (tertiary/aromatic N) is 3. The van der Waals surface area contributed by atoms with Crippen LogP contribution >= 0.6 is 0 Å². The highest BCUT2D eigenvalue weighted by molar-refractivity contribution is 5.77. The van der Waals surface area contributed by atoms with Crippen molar-refractivity contribution in [3.63, 3.8) is 0 Å². The van der Waals surface area contributed by atoms with E-state index in [-0.39, 0.29) is 12.2 Å². The maximum atomic E-state index is 13.0. The molecular formula is C21H25N5O3. The standard InChI is InChI=1S/C21H25N5O3/c1-22-23-13-16-8-11-29-20-18(16)6-7-19(24-20)26-10-9-25(21(26)27)14-15-4-3-5-17(12-15)28-2/h3-7,12-13,19,23-24H,1,8-11,14H2,2H3/b16-13+. The topological polar surface area (TPSA) is 78.4 Å². The molecule has 8 heteroatoms. The number of carbonyl (C=O) groups excluding carboxylic acids is 1. The zero-order chi connectivity index (χ0) is 20.2. The fraction of sp³-hybridized carbons (Fsp3) is 0.333. The van der Waals surface area contributed by atoms with Crippen LogP contribution in [0, 0.1) is 0 Å². The Morgan fingerprint density at radius 1 is 1.45 bits per heavy atom. The molecule has 4 rings (SSSR count). The smallest absolute Gasteiger partial charge is 0.322 e. The monoisotopic (exact) mass is 395 g/mol. The molecule has 1 atom stereocenters. The van der Waals surface area contributed by atoms with Crippen LogP contribution < -0.4 is 15.5 Å². The lowest BCUT2D eigenvalue weighted by atomic mass is 10.00. The number of methoxy groups -OCH3 is 1. The normalized spacial score (nSPS) is 22.3. The van der Waals surface area contributed by atoms with Gasteiger partial charge in [0.2, 0.25) is 0 Å². The van der Waals surface area contributed by atoms with E-state index in [0.717, 1.165) is 28.9 Å². The summed E-state index contributed by atoms with van der Waals surface area (Å²) in [4.78, 5) is 16.7. The van der Waals surface area contributed by atoms with Crippen LogP contribution in [0.4, 0.5) is 4.79 Å². The van der Waals surface area contributed by atoms with Crippen LogP contribution in [-0.4, -0.2) is 55.5 Å². The number of amides is 2. The first-order chi connectivity index (χ1) is 14.2. The van der Waals surface area contributed by atoms with Crippen molar-refractivity contribution in [2.45, 2.75) is 19.1 Å². The third-order valence-electron chi connectivity index (χ3n) is 5.23. The predicted molar refractivity (Wildman–Crippen MR) is 110 cm³/mol. The third kappa shape index (κ3) is 3.91. The molecule has 1 fully saturated rings. The molecule has 0 spiro atoms. The summed E-state index contributed by atoms with van der Waals surface area (Å²) in [6.45, 7) is 5.88. The van der Waals surface area contributed by atoms with Gasteiger partial charge in [-0.15, -0.1) is 0 Å². The number of hydrogen-bond donors (Lipinski definition) is 2. The fourth-order valence-electron chi connectivity index (χ4n) is 3.75. The highest BCUT2D eigenvalue weighted by atomic mass is 16.5. The average Bonchev–Trinajstić information content (AvgIpc) is 3.12. The number of ether oxygens (including phenoxy) is 2. The van der Waals surface area contributed by atoms with E-state index in [2.05, 4.69) is 22.6 Å². The Morgan fingerprint density at radius 3 is 3.17 bits per heavy atom. The second-order valence-corrected chi connectivity index (χ2v) is 7.00. The summed E-state index contributed by atoms with van der Waals surface area (Å²) in [6, 6.07) is 7.81. The Bertz CT molecular complexity index is 892.